The number of fused-ring (bicyclic) bond motifs is 1. The molecule has 0 unspecified atom stereocenters. The maximum absolute atomic E-state index is 13.8. The van der Waals surface area contributed by atoms with E-state index < -0.39 is 17.6 Å². The molecule has 1 amide bonds. The summed E-state index contributed by atoms with van der Waals surface area (Å²) in [6, 6.07) is 18.7. The van der Waals surface area contributed by atoms with E-state index >= 15 is 0 Å². The number of hydrogen-bond donors (Lipinski definition) is 2. The van der Waals surface area contributed by atoms with Gasteiger partial charge >= 0.3 is 6.18 Å². The van der Waals surface area contributed by atoms with E-state index in [0.717, 1.165) is 23.0 Å². The van der Waals surface area contributed by atoms with E-state index in [1.807, 2.05) is 30.3 Å². The first-order valence-electron chi connectivity index (χ1n) is 9.02. The molecule has 2 aromatic heterocycles. The molecule has 0 atom stereocenters. The van der Waals surface area contributed by atoms with Crippen LogP contribution >= 0.6 is 11.3 Å². The highest BCUT2D eigenvalue weighted by atomic mass is 32.1. The van der Waals surface area contributed by atoms with Gasteiger partial charge in [0.15, 0.2) is 0 Å². The van der Waals surface area contributed by atoms with Gasteiger partial charge in [-0.2, -0.15) is 13.2 Å². The summed E-state index contributed by atoms with van der Waals surface area (Å²) in [5.41, 5.74) is 6.48. The van der Waals surface area contributed by atoms with E-state index in [2.05, 4.69) is 10.3 Å². The zero-order chi connectivity index (χ0) is 21.3. The van der Waals surface area contributed by atoms with Crippen LogP contribution in [0.2, 0.25) is 0 Å². The molecule has 2 aromatic carbocycles. The fourth-order valence-electron chi connectivity index (χ4n) is 3.13. The van der Waals surface area contributed by atoms with Gasteiger partial charge in [0.25, 0.3) is 5.91 Å². The van der Waals surface area contributed by atoms with E-state index in [-0.39, 0.29) is 33.0 Å². The highest BCUT2D eigenvalue weighted by Gasteiger charge is 2.36. The van der Waals surface area contributed by atoms with Crippen molar-refractivity contribution in [3.63, 3.8) is 0 Å². The van der Waals surface area contributed by atoms with Crippen molar-refractivity contribution in [3.8, 4) is 11.3 Å². The van der Waals surface area contributed by atoms with Gasteiger partial charge in [-0.05, 0) is 11.6 Å². The zero-order valence-corrected chi connectivity index (χ0v) is 16.3. The lowest BCUT2D eigenvalue weighted by atomic mass is 10.1. The Morgan fingerprint density at radius 1 is 1.03 bits per heavy atom. The number of amides is 1. The average Bonchev–Trinajstić information content (AvgIpc) is 3.08. The van der Waals surface area contributed by atoms with Crippen LogP contribution in [0.5, 0.6) is 0 Å². The predicted octanol–water partition coefficient (Wildman–Crippen LogP) is 5.49. The molecule has 4 nitrogen and oxygen atoms in total. The Morgan fingerprint density at radius 3 is 2.30 bits per heavy atom. The highest BCUT2D eigenvalue weighted by molar-refractivity contribution is 7.21. The number of nitrogen functional groups attached to an aromatic ring is 1. The topological polar surface area (TPSA) is 68.0 Å². The minimum Gasteiger partial charge on any atom is -0.397 e. The van der Waals surface area contributed by atoms with Gasteiger partial charge in [-0.1, -0.05) is 60.7 Å². The number of anilines is 1. The molecule has 0 fully saturated rings. The Morgan fingerprint density at radius 2 is 1.67 bits per heavy atom. The summed E-state index contributed by atoms with van der Waals surface area (Å²) in [7, 11) is 0. The summed E-state index contributed by atoms with van der Waals surface area (Å²) in [6.45, 7) is 0.238. The number of halogens is 3. The van der Waals surface area contributed by atoms with E-state index in [1.54, 1.807) is 30.3 Å². The summed E-state index contributed by atoms with van der Waals surface area (Å²) in [4.78, 5) is 17.1. The van der Waals surface area contributed by atoms with Gasteiger partial charge in [0.05, 0.1) is 16.9 Å². The molecule has 0 radical (unpaired) electrons. The molecule has 0 aliphatic rings. The first-order chi connectivity index (χ1) is 14.3. The van der Waals surface area contributed by atoms with Crippen LogP contribution in [0.25, 0.3) is 21.5 Å². The van der Waals surface area contributed by atoms with Crippen LogP contribution in [0.3, 0.4) is 0 Å². The number of alkyl halides is 3. The fraction of sp³-hybridized carbons (Fsp3) is 0.0909. The van der Waals surface area contributed by atoms with Crippen LogP contribution in [0.4, 0.5) is 18.9 Å². The quantitative estimate of drug-likeness (QED) is 0.452. The van der Waals surface area contributed by atoms with Crippen LogP contribution in [-0.2, 0) is 12.7 Å². The second-order valence-electron chi connectivity index (χ2n) is 6.61. The Kier molecular flexibility index (Phi) is 5.17. The number of thiophene rings is 1. The van der Waals surface area contributed by atoms with Crippen molar-refractivity contribution in [1.29, 1.82) is 0 Å². The Labute approximate surface area is 174 Å². The van der Waals surface area contributed by atoms with Crippen LogP contribution in [0.15, 0.2) is 66.7 Å². The van der Waals surface area contributed by atoms with Gasteiger partial charge < -0.3 is 11.1 Å². The lowest BCUT2D eigenvalue weighted by Gasteiger charge is -2.11. The van der Waals surface area contributed by atoms with Gasteiger partial charge in [0.1, 0.15) is 9.71 Å². The Bertz CT molecular complexity index is 1210. The Balaban J connectivity index is 1.77. The molecule has 0 aliphatic carbocycles. The minimum absolute atomic E-state index is 0.0177. The standard InChI is InChI=1S/C22H16F3N3OS/c23-22(24,25)15-11-16(14-9-5-2-6-10-14)28-21-17(15)18(26)19(30-21)20(29)27-12-13-7-3-1-4-8-13/h1-11H,12,26H2,(H,27,29). The zero-order valence-electron chi connectivity index (χ0n) is 15.5. The van der Waals surface area contributed by atoms with Crippen molar-refractivity contribution in [3.05, 3.63) is 82.7 Å². The number of rotatable bonds is 4. The number of benzene rings is 2. The molecule has 2 heterocycles. The van der Waals surface area contributed by atoms with Crippen molar-refractivity contribution in [2.45, 2.75) is 12.7 Å². The Hall–Kier alpha value is -3.39. The number of carbonyl (C=O) groups excluding carboxylic acids is 1. The number of nitrogens with two attached hydrogens (primary N) is 1. The number of hydrogen-bond acceptors (Lipinski definition) is 4. The van der Waals surface area contributed by atoms with Gasteiger partial charge in [0, 0.05) is 17.5 Å². The van der Waals surface area contributed by atoms with Crippen LogP contribution in [-0.4, -0.2) is 10.9 Å². The molecule has 30 heavy (non-hydrogen) atoms. The van der Waals surface area contributed by atoms with Crippen molar-refractivity contribution in [2.24, 2.45) is 0 Å². The number of aromatic nitrogens is 1. The summed E-state index contributed by atoms with van der Waals surface area (Å²) in [5, 5.41) is 2.47. The normalized spacial score (nSPS) is 11.6. The average molecular weight is 427 g/mol. The molecular weight excluding hydrogens is 411 g/mol. The monoisotopic (exact) mass is 427 g/mol. The largest absolute Gasteiger partial charge is 0.417 e. The third-order valence-electron chi connectivity index (χ3n) is 4.58. The van der Waals surface area contributed by atoms with E-state index in [1.165, 1.54) is 0 Å². The summed E-state index contributed by atoms with van der Waals surface area (Å²) >= 11 is 0.858. The maximum atomic E-state index is 13.8. The molecule has 3 N–H and O–H groups in total. The SMILES string of the molecule is Nc1c(C(=O)NCc2ccccc2)sc2nc(-c3ccccc3)cc(C(F)(F)F)c12. The second-order valence-corrected chi connectivity index (χ2v) is 7.61. The minimum atomic E-state index is -4.64. The maximum Gasteiger partial charge on any atom is 0.417 e. The number of carbonyl (C=O) groups is 1. The first kappa shape index (κ1) is 19.9. The first-order valence-corrected chi connectivity index (χ1v) is 9.84. The summed E-state index contributed by atoms with van der Waals surface area (Å²) < 4.78 is 41.4. The third-order valence-corrected chi connectivity index (χ3v) is 5.67. The van der Waals surface area contributed by atoms with Gasteiger partial charge in [-0.25, -0.2) is 4.98 Å². The molecule has 0 bridgehead atoms. The van der Waals surface area contributed by atoms with Gasteiger partial charge in [-0.15, -0.1) is 11.3 Å². The van der Waals surface area contributed by atoms with Crippen molar-refractivity contribution in [1.82, 2.24) is 10.3 Å². The molecule has 0 aliphatic heterocycles. The number of pyridine rings is 1. The summed E-state index contributed by atoms with van der Waals surface area (Å²) in [5.74, 6) is -0.534. The van der Waals surface area contributed by atoms with Crippen molar-refractivity contribution >= 4 is 33.1 Å². The fourth-order valence-corrected chi connectivity index (χ4v) is 4.16. The molecule has 152 valence electrons. The van der Waals surface area contributed by atoms with Crippen molar-refractivity contribution < 1.29 is 18.0 Å². The second kappa shape index (κ2) is 7.79. The number of nitrogens with one attached hydrogen (secondary N) is 1. The summed E-state index contributed by atoms with van der Waals surface area (Å²) in [6.07, 6.45) is -4.64. The van der Waals surface area contributed by atoms with Crippen molar-refractivity contribution in [2.75, 3.05) is 5.73 Å². The molecule has 0 saturated carbocycles. The number of nitrogens with zero attached hydrogens (tertiary/aromatic N) is 1. The van der Waals surface area contributed by atoms with Crippen LogP contribution in [0.1, 0.15) is 20.8 Å². The lowest BCUT2D eigenvalue weighted by molar-refractivity contribution is -0.136. The molecule has 4 rings (SSSR count). The lowest BCUT2D eigenvalue weighted by Crippen LogP contribution is -2.22. The molecule has 8 heteroatoms. The van der Waals surface area contributed by atoms with Gasteiger partial charge in [0.2, 0.25) is 0 Å². The molecule has 4 aromatic rings. The van der Waals surface area contributed by atoms with Gasteiger partial charge in [-0.3, -0.25) is 4.79 Å². The predicted molar refractivity (Wildman–Crippen MR) is 112 cm³/mol. The molecule has 0 spiro atoms. The van der Waals surface area contributed by atoms with Crippen LogP contribution < -0.4 is 11.1 Å². The van der Waals surface area contributed by atoms with Crippen LogP contribution in [0, 0.1) is 0 Å². The van der Waals surface area contributed by atoms with E-state index in [4.69, 9.17) is 5.73 Å². The highest BCUT2D eigenvalue weighted by Crippen LogP contribution is 2.43. The smallest absolute Gasteiger partial charge is 0.397 e. The van der Waals surface area contributed by atoms with E-state index in [0.29, 0.717) is 5.56 Å². The van der Waals surface area contributed by atoms with E-state index in [9.17, 15) is 18.0 Å². The molecule has 0 saturated heterocycles. The molecular formula is C22H16F3N3OS. The third kappa shape index (κ3) is 3.86.